The highest BCUT2D eigenvalue weighted by atomic mass is 19.4. The van der Waals surface area contributed by atoms with E-state index in [0.29, 0.717) is 13.0 Å². The quantitative estimate of drug-likeness (QED) is 0.766. The summed E-state index contributed by atoms with van der Waals surface area (Å²) < 4.78 is 74.7. The van der Waals surface area contributed by atoms with Crippen molar-refractivity contribution in [3.8, 4) is 0 Å². The van der Waals surface area contributed by atoms with E-state index in [-0.39, 0.29) is 12.4 Å². The van der Waals surface area contributed by atoms with Gasteiger partial charge >= 0.3 is 6.18 Å². The van der Waals surface area contributed by atoms with E-state index in [4.69, 9.17) is 0 Å². The van der Waals surface area contributed by atoms with Crippen molar-refractivity contribution in [1.82, 2.24) is 15.0 Å². The first-order chi connectivity index (χ1) is 11.2. The fourth-order valence-corrected chi connectivity index (χ4v) is 2.78. The van der Waals surface area contributed by atoms with Crippen LogP contribution in [-0.2, 0) is 4.79 Å². The molecule has 0 spiro atoms. The number of aromatic nitrogens is 1. The van der Waals surface area contributed by atoms with Crippen molar-refractivity contribution in [3.05, 3.63) is 30.3 Å². The summed E-state index contributed by atoms with van der Waals surface area (Å²) in [7, 11) is 0. The smallest absolute Gasteiger partial charge is 0.275 e. The average Bonchev–Trinajstić information content (AvgIpc) is 3.02. The van der Waals surface area contributed by atoms with Crippen molar-refractivity contribution in [2.75, 3.05) is 19.6 Å². The van der Waals surface area contributed by atoms with E-state index in [2.05, 4.69) is 4.98 Å². The summed E-state index contributed by atoms with van der Waals surface area (Å²) in [5, 5.41) is 2.32. The fourth-order valence-electron chi connectivity index (χ4n) is 2.78. The first-order valence-corrected chi connectivity index (χ1v) is 7.13. The number of carbonyl (C=O) groups excluding carboxylic acids is 1. The van der Waals surface area contributed by atoms with Gasteiger partial charge in [0, 0.05) is 25.8 Å². The molecular weight excluding hydrogens is 340 g/mol. The minimum Gasteiger partial charge on any atom is -0.275 e. The van der Waals surface area contributed by atoms with Crippen molar-refractivity contribution in [1.29, 1.82) is 0 Å². The molecular formula is C14H15F6N3O. The van der Waals surface area contributed by atoms with Gasteiger partial charge in [-0.25, -0.2) is 18.2 Å². The van der Waals surface area contributed by atoms with E-state index in [9.17, 15) is 31.1 Å². The fraction of sp³-hybridized carbons (Fsp3) is 0.571. The van der Waals surface area contributed by atoms with Crippen LogP contribution in [0.5, 0.6) is 0 Å². The number of amides is 1. The Hall–Kier alpha value is -1.84. The second-order valence-electron chi connectivity index (χ2n) is 5.59. The van der Waals surface area contributed by atoms with Crippen molar-refractivity contribution >= 4 is 5.91 Å². The SMILES string of the molecule is Fc1cccnc1.O=C1N2CCCN2C[C@]1(CC(F)(F)F)C(F)F. The minimum absolute atomic E-state index is 0.227. The molecule has 1 aromatic heterocycles. The van der Waals surface area contributed by atoms with Gasteiger partial charge in [-0.2, -0.15) is 13.2 Å². The van der Waals surface area contributed by atoms with E-state index in [0.717, 1.165) is 5.01 Å². The Morgan fingerprint density at radius 3 is 2.42 bits per heavy atom. The van der Waals surface area contributed by atoms with Crippen LogP contribution in [0.4, 0.5) is 26.3 Å². The van der Waals surface area contributed by atoms with Gasteiger partial charge in [0.25, 0.3) is 12.3 Å². The number of carbonyl (C=O) groups is 1. The normalized spacial score (nSPS) is 24.1. The Kier molecular flexibility index (Phi) is 5.36. The van der Waals surface area contributed by atoms with Crippen LogP contribution in [0.25, 0.3) is 0 Å². The molecule has 2 aliphatic heterocycles. The molecule has 0 unspecified atom stereocenters. The standard InChI is InChI=1S/C9H11F5N2O.C5H4FN/c10-6(11)8(4-9(12,13)14)5-15-2-1-3-16(15)7(8)17;6-5-2-1-3-7-4-5/h6H,1-5H2;1-4H/t8-;/m1./s1. The van der Waals surface area contributed by atoms with Crippen LogP contribution in [0.3, 0.4) is 0 Å². The number of halogens is 6. The molecule has 2 fully saturated rings. The summed E-state index contributed by atoms with van der Waals surface area (Å²) in [6, 6.07) is 2.91. The van der Waals surface area contributed by atoms with Crippen molar-refractivity contribution in [2.45, 2.75) is 25.4 Å². The molecule has 2 aliphatic rings. The first-order valence-electron chi connectivity index (χ1n) is 7.13. The molecule has 10 heteroatoms. The molecule has 0 bridgehead atoms. The third-order valence-electron chi connectivity index (χ3n) is 3.81. The van der Waals surface area contributed by atoms with Crippen molar-refractivity contribution in [2.24, 2.45) is 5.41 Å². The van der Waals surface area contributed by atoms with Crippen LogP contribution in [0, 0.1) is 11.2 Å². The maximum Gasteiger partial charge on any atom is 0.390 e. The number of hydrogen-bond acceptors (Lipinski definition) is 3. The van der Waals surface area contributed by atoms with Gasteiger partial charge in [-0.1, -0.05) is 0 Å². The molecule has 1 amide bonds. The Morgan fingerprint density at radius 2 is 2.00 bits per heavy atom. The molecule has 2 saturated heterocycles. The van der Waals surface area contributed by atoms with Gasteiger partial charge in [-0.3, -0.25) is 14.8 Å². The molecule has 1 aromatic rings. The van der Waals surface area contributed by atoms with Crippen LogP contribution in [0.2, 0.25) is 0 Å². The Labute approximate surface area is 134 Å². The lowest BCUT2D eigenvalue weighted by molar-refractivity contribution is -0.183. The van der Waals surface area contributed by atoms with Crippen LogP contribution in [-0.4, -0.2) is 53.1 Å². The number of alkyl halides is 5. The van der Waals surface area contributed by atoms with E-state index < -0.39 is 36.9 Å². The van der Waals surface area contributed by atoms with Gasteiger partial charge in [0.15, 0.2) is 0 Å². The second kappa shape index (κ2) is 6.96. The molecule has 0 aliphatic carbocycles. The monoisotopic (exact) mass is 355 g/mol. The predicted octanol–water partition coefficient (Wildman–Crippen LogP) is 2.87. The number of nitrogens with zero attached hydrogens (tertiary/aromatic N) is 3. The first kappa shape index (κ1) is 18.5. The van der Waals surface area contributed by atoms with Gasteiger partial charge in [-0.05, 0) is 18.6 Å². The third kappa shape index (κ3) is 3.97. The van der Waals surface area contributed by atoms with Crippen LogP contribution in [0.1, 0.15) is 12.8 Å². The van der Waals surface area contributed by atoms with E-state index in [1.165, 1.54) is 23.5 Å². The van der Waals surface area contributed by atoms with Crippen LogP contribution < -0.4 is 0 Å². The van der Waals surface area contributed by atoms with E-state index >= 15 is 0 Å². The molecule has 134 valence electrons. The molecule has 0 saturated carbocycles. The number of rotatable bonds is 2. The Bertz CT molecular complexity index is 567. The summed E-state index contributed by atoms with van der Waals surface area (Å²) in [5.41, 5.74) is -2.61. The van der Waals surface area contributed by atoms with Crippen molar-refractivity contribution in [3.63, 3.8) is 0 Å². The Balaban J connectivity index is 0.000000249. The lowest BCUT2D eigenvalue weighted by Crippen LogP contribution is -2.44. The van der Waals surface area contributed by atoms with Gasteiger partial charge < -0.3 is 0 Å². The lowest BCUT2D eigenvalue weighted by Gasteiger charge is -2.26. The summed E-state index contributed by atoms with van der Waals surface area (Å²) in [6.07, 6.45) is -6.53. The molecule has 1 atom stereocenters. The molecule has 4 nitrogen and oxygen atoms in total. The second-order valence-corrected chi connectivity index (χ2v) is 5.59. The zero-order valence-corrected chi connectivity index (χ0v) is 12.4. The zero-order valence-electron chi connectivity index (χ0n) is 12.4. The van der Waals surface area contributed by atoms with Crippen LogP contribution in [0.15, 0.2) is 24.5 Å². The van der Waals surface area contributed by atoms with Crippen molar-refractivity contribution < 1.29 is 31.1 Å². The van der Waals surface area contributed by atoms with Gasteiger partial charge in [0.05, 0.1) is 12.6 Å². The summed E-state index contributed by atoms with van der Waals surface area (Å²) in [5.74, 6) is -1.38. The van der Waals surface area contributed by atoms with E-state index in [1.54, 1.807) is 6.07 Å². The van der Waals surface area contributed by atoms with Gasteiger partial charge in [0.1, 0.15) is 11.2 Å². The Morgan fingerprint density at radius 1 is 1.29 bits per heavy atom. The molecule has 3 heterocycles. The maximum atomic E-state index is 12.9. The molecule has 0 aromatic carbocycles. The minimum atomic E-state index is -4.77. The highest BCUT2D eigenvalue weighted by Gasteiger charge is 2.61. The number of fused-ring (bicyclic) bond motifs is 1. The zero-order chi connectivity index (χ0) is 18.0. The van der Waals surface area contributed by atoms with Gasteiger partial charge in [-0.15, -0.1) is 0 Å². The maximum absolute atomic E-state index is 12.9. The highest BCUT2D eigenvalue weighted by Crippen LogP contribution is 2.45. The average molecular weight is 355 g/mol. The molecule has 0 radical (unpaired) electrons. The molecule has 0 N–H and O–H groups in total. The highest BCUT2D eigenvalue weighted by molar-refractivity contribution is 5.85. The van der Waals surface area contributed by atoms with E-state index in [1.807, 2.05) is 0 Å². The van der Waals surface area contributed by atoms with Crippen LogP contribution >= 0.6 is 0 Å². The number of hydrogen-bond donors (Lipinski definition) is 0. The lowest BCUT2D eigenvalue weighted by atomic mass is 9.84. The molecule has 3 rings (SSSR count). The predicted molar refractivity (Wildman–Crippen MR) is 71.2 cm³/mol. The summed E-state index contributed by atoms with van der Waals surface area (Å²) >= 11 is 0. The summed E-state index contributed by atoms with van der Waals surface area (Å²) in [4.78, 5) is 15.2. The third-order valence-corrected chi connectivity index (χ3v) is 3.81. The topological polar surface area (TPSA) is 36.4 Å². The summed E-state index contributed by atoms with van der Waals surface area (Å²) in [6.45, 7) is 0.0479. The number of hydrazine groups is 1. The largest absolute Gasteiger partial charge is 0.390 e. The number of pyridine rings is 1. The molecule has 24 heavy (non-hydrogen) atoms. The van der Waals surface area contributed by atoms with Gasteiger partial charge in [0.2, 0.25) is 0 Å².